The number of rotatable bonds is 4. The first-order chi connectivity index (χ1) is 8.87. The predicted molar refractivity (Wildman–Crippen MR) is 73.6 cm³/mol. The van der Waals surface area contributed by atoms with Gasteiger partial charge >= 0.3 is 0 Å². The van der Waals surface area contributed by atoms with Crippen LogP contribution in [0.5, 0.6) is 0 Å². The molecule has 102 valence electrons. The van der Waals surface area contributed by atoms with Crippen LogP contribution < -0.4 is 16.4 Å². The van der Waals surface area contributed by atoms with E-state index in [-0.39, 0.29) is 18.4 Å². The first-order valence-corrected chi connectivity index (χ1v) is 6.32. The van der Waals surface area contributed by atoms with Crippen molar-refractivity contribution in [2.75, 3.05) is 5.32 Å². The molecule has 0 fully saturated rings. The molecule has 5 heteroatoms. The number of benzene rings is 1. The van der Waals surface area contributed by atoms with Crippen LogP contribution in [0.15, 0.2) is 24.3 Å². The fourth-order valence-corrected chi connectivity index (χ4v) is 2.36. The molecule has 0 aromatic heterocycles. The molecule has 1 atom stereocenters. The van der Waals surface area contributed by atoms with Gasteiger partial charge in [0.1, 0.15) is 6.04 Å². The molecule has 0 radical (unpaired) electrons. The Balaban J connectivity index is 1.98. The summed E-state index contributed by atoms with van der Waals surface area (Å²) < 4.78 is 0. The first-order valence-electron chi connectivity index (χ1n) is 6.32. The maximum Gasteiger partial charge on any atom is 0.243 e. The average molecular weight is 261 g/mol. The lowest BCUT2D eigenvalue weighted by molar-refractivity contribution is -0.124. The van der Waals surface area contributed by atoms with Crippen LogP contribution in [-0.2, 0) is 16.0 Å². The summed E-state index contributed by atoms with van der Waals surface area (Å²) in [5.74, 6) is -0.532. The van der Waals surface area contributed by atoms with Crippen LogP contribution in [0.25, 0.3) is 0 Å². The molecular weight excluding hydrogens is 242 g/mol. The molecule has 2 rings (SSSR count). The van der Waals surface area contributed by atoms with Gasteiger partial charge < -0.3 is 16.4 Å². The minimum Gasteiger partial charge on any atom is -0.373 e. The number of anilines is 1. The zero-order valence-electron chi connectivity index (χ0n) is 11.2. The molecule has 5 nitrogen and oxygen atoms in total. The summed E-state index contributed by atoms with van der Waals surface area (Å²) in [7, 11) is 0. The van der Waals surface area contributed by atoms with Crippen molar-refractivity contribution in [3.05, 3.63) is 29.8 Å². The second kappa shape index (κ2) is 4.91. The highest BCUT2D eigenvalue weighted by Crippen LogP contribution is 2.25. The molecule has 0 spiro atoms. The number of carbonyl (C=O) groups excluding carboxylic acids is 2. The van der Waals surface area contributed by atoms with Gasteiger partial charge in [0, 0.05) is 24.1 Å². The van der Waals surface area contributed by atoms with Gasteiger partial charge in [0.05, 0.1) is 0 Å². The maximum atomic E-state index is 12.2. The Bertz CT molecular complexity index is 486. The van der Waals surface area contributed by atoms with E-state index in [1.807, 2.05) is 24.3 Å². The summed E-state index contributed by atoms with van der Waals surface area (Å²) >= 11 is 0. The monoisotopic (exact) mass is 261 g/mol. The van der Waals surface area contributed by atoms with Crippen LogP contribution >= 0.6 is 0 Å². The molecule has 0 bridgehead atoms. The zero-order chi connectivity index (χ0) is 14.0. The summed E-state index contributed by atoms with van der Waals surface area (Å²) in [6.07, 6.45) is 0.785. The third kappa shape index (κ3) is 3.24. The van der Waals surface area contributed by atoms with Crippen molar-refractivity contribution in [1.29, 1.82) is 0 Å². The van der Waals surface area contributed by atoms with E-state index in [2.05, 4.69) is 10.6 Å². The summed E-state index contributed by atoms with van der Waals surface area (Å²) in [6, 6.07) is 7.56. The molecule has 1 aliphatic rings. The molecule has 0 unspecified atom stereocenters. The van der Waals surface area contributed by atoms with E-state index in [0.29, 0.717) is 6.42 Å². The van der Waals surface area contributed by atoms with Crippen molar-refractivity contribution in [1.82, 2.24) is 5.32 Å². The second-order valence-corrected chi connectivity index (χ2v) is 5.57. The number of nitrogens with two attached hydrogens (primary N) is 1. The average Bonchev–Trinajstić information content (AvgIpc) is 2.69. The molecular formula is C14H19N3O2. The Kier molecular flexibility index (Phi) is 3.46. The molecule has 19 heavy (non-hydrogen) atoms. The number of nitrogens with one attached hydrogen (secondary N) is 2. The van der Waals surface area contributed by atoms with Gasteiger partial charge in [-0.3, -0.25) is 9.59 Å². The fraction of sp³-hybridized carbons (Fsp3) is 0.429. The minimum atomic E-state index is -0.626. The van der Waals surface area contributed by atoms with Crippen LogP contribution in [-0.4, -0.2) is 23.4 Å². The second-order valence-electron chi connectivity index (χ2n) is 5.57. The van der Waals surface area contributed by atoms with Gasteiger partial charge in [-0.15, -0.1) is 0 Å². The van der Waals surface area contributed by atoms with Crippen molar-refractivity contribution in [3.8, 4) is 0 Å². The van der Waals surface area contributed by atoms with E-state index in [4.69, 9.17) is 5.73 Å². The molecule has 0 aliphatic carbocycles. The lowest BCUT2D eigenvalue weighted by Crippen LogP contribution is -2.51. The van der Waals surface area contributed by atoms with Gasteiger partial charge in [0.2, 0.25) is 11.8 Å². The van der Waals surface area contributed by atoms with Crippen molar-refractivity contribution < 1.29 is 9.59 Å². The first kappa shape index (κ1) is 13.4. The molecule has 0 saturated carbocycles. The van der Waals surface area contributed by atoms with E-state index in [9.17, 15) is 9.59 Å². The normalized spacial score (nSPS) is 17.5. The number of fused-ring (bicyclic) bond motifs is 1. The Morgan fingerprint density at radius 3 is 2.74 bits per heavy atom. The van der Waals surface area contributed by atoms with Crippen LogP contribution in [0.4, 0.5) is 5.69 Å². The Labute approximate surface area is 112 Å². The Morgan fingerprint density at radius 1 is 1.42 bits per heavy atom. The summed E-state index contributed by atoms with van der Waals surface area (Å²) in [4.78, 5) is 23.1. The third-order valence-corrected chi connectivity index (χ3v) is 3.17. The van der Waals surface area contributed by atoms with Gasteiger partial charge in [-0.2, -0.15) is 0 Å². The molecule has 1 aromatic rings. The number of carbonyl (C=O) groups is 2. The molecule has 2 amide bonds. The van der Waals surface area contributed by atoms with E-state index in [0.717, 1.165) is 11.3 Å². The zero-order valence-corrected chi connectivity index (χ0v) is 11.2. The van der Waals surface area contributed by atoms with Gasteiger partial charge in [0.25, 0.3) is 0 Å². The number of hydrogen-bond donors (Lipinski definition) is 3. The third-order valence-electron chi connectivity index (χ3n) is 3.17. The molecule has 1 aliphatic heterocycles. The van der Waals surface area contributed by atoms with Crippen molar-refractivity contribution in [2.45, 2.75) is 38.3 Å². The number of amides is 2. The molecule has 4 N–H and O–H groups in total. The number of hydrogen-bond acceptors (Lipinski definition) is 3. The van der Waals surface area contributed by atoms with E-state index < -0.39 is 11.4 Å². The predicted octanol–water partition coefficient (Wildman–Crippen LogP) is 0.793. The standard InChI is InChI=1S/C14H19N3O2/c1-14(2,8-12(15)18)17-13(19)11-7-9-5-3-4-6-10(9)16-11/h3-6,11,16H,7-8H2,1-2H3,(H2,15,18)(H,17,19)/t11-/m0/s1. The smallest absolute Gasteiger partial charge is 0.243 e. The van der Waals surface area contributed by atoms with Gasteiger partial charge in [-0.25, -0.2) is 0 Å². The summed E-state index contributed by atoms with van der Waals surface area (Å²) in [5, 5.41) is 6.04. The van der Waals surface area contributed by atoms with Gasteiger partial charge in [-0.1, -0.05) is 18.2 Å². The highest BCUT2D eigenvalue weighted by molar-refractivity contribution is 5.88. The lowest BCUT2D eigenvalue weighted by Gasteiger charge is -2.26. The maximum absolute atomic E-state index is 12.2. The lowest BCUT2D eigenvalue weighted by atomic mass is 9.99. The Morgan fingerprint density at radius 2 is 2.11 bits per heavy atom. The van der Waals surface area contributed by atoms with Crippen LogP contribution in [0.2, 0.25) is 0 Å². The van der Waals surface area contributed by atoms with Crippen molar-refractivity contribution >= 4 is 17.5 Å². The van der Waals surface area contributed by atoms with Crippen LogP contribution in [0.1, 0.15) is 25.8 Å². The van der Waals surface area contributed by atoms with Crippen molar-refractivity contribution in [3.63, 3.8) is 0 Å². The van der Waals surface area contributed by atoms with E-state index in [1.54, 1.807) is 13.8 Å². The quantitative estimate of drug-likeness (QED) is 0.749. The summed E-state index contributed by atoms with van der Waals surface area (Å²) in [5.41, 5.74) is 6.68. The number of primary amides is 1. The van der Waals surface area contributed by atoms with E-state index in [1.165, 1.54) is 0 Å². The minimum absolute atomic E-state index is 0.109. The van der Waals surface area contributed by atoms with E-state index >= 15 is 0 Å². The van der Waals surface area contributed by atoms with Crippen molar-refractivity contribution in [2.24, 2.45) is 5.73 Å². The summed E-state index contributed by atoms with van der Waals surface area (Å²) in [6.45, 7) is 3.58. The van der Waals surface area contributed by atoms with Gasteiger partial charge in [0.15, 0.2) is 0 Å². The topological polar surface area (TPSA) is 84.2 Å². The largest absolute Gasteiger partial charge is 0.373 e. The molecule has 0 saturated heterocycles. The van der Waals surface area contributed by atoms with Crippen LogP contribution in [0.3, 0.4) is 0 Å². The highest BCUT2D eigenvalue weighted by atomic mass is 16.2. The SMILES string of the molecule is CC(C)(CC(N)=O)NC(=O)[C@@H]1Cc2ccccc2N1. The fourth-order valence-electron chi connectivity index (χ4n) is 2.36. The highest BCUT2D eigenvalue weighted by Gasteiger charge is 2.30. The Hall–Kier alpha value is -2.04. The molecule has 1 heterocycles. The number of para-hydroxylation sites is 1. The van der Waals surface area contributed by atoms with Gasteiger partial charge in [-0.05, 0) is 25.5 Å². The molecule has 1 aromatic carbocycles. The van der Waals surface area contributed by atoms with Crippen LogP contribution in [0, 0.1) is 0 Å².